The smallest absolute Gasteiger partial charge is 0.262 e. The Balaban J connectivity index is 1.50. The summed E-state index contributed by atoms with van der Waals surface area (Å²) in [5.41, 5.74) is 1.09. The van der Waals surface area contributed by atoms with Gasteiger partial charge in [0.25, 0.3) is 11.8 Å². The summed E-state index contributed by atoms with van der Waals surface area (Å²) < 4.78 is 12.2. The van der Waals surface area contributed by atoms with E-state index in [2.05, 4.69) is 26.6 Å². The van der Waals surface area contributed by atoms with Gasteiger partial charge in [0.05, 0.1) is 11.7 Å². The van der Waals surface area contributed by atoms with Crippen LogP contribution in [0.5, 0.6) is 5.75 Å². The van der Waals surface area contributed by atoms with E-state index in [9.17, 15) is 9.59 Å². The molecule has 160 valence electrons. The second kappa shape index (κ2) is 11.1. The number of carbonyl (C=O) groups excluding carboxylic acids is 2. The first-order valence-electron chi connectivity index (χ1n) is 10.2. The van der Waals surface area contributed by atoms with Crippen molar-refractivity contribution >= 4 is 33.4 Å². The lowest BCUT2D eigenvalue weighted by atomic mass is 10.1. The quantitative estimate of drug-likeness (QED) is 0.558. The Morgan fingerprint density at radius 3 is 2.70 bits per heavy atom. The van der Waals surface area contributed by atoms with Gasteiger partial charge in [-0.25, -0.2) is 0 Å². The van der Waals surface area contributed by atoms with Crippen LogP contribution in [0.3, 0.4) is 0 Å². The van der Waals surface area contributed by atoms with Gasteiger partial charge in [0.15, 0.2) is 6.61 Å². The number of para-hydroxylation sites is 1. The minimum Gasteiger partial charge on any atom is -0.483 e. The van der Waals surface area contributed by atoms with Gasteiger partial charge >= 0.3 is 0 Å². The van der Waals surface area contributed by atoms with Crippen LogP contribution in [0.25, 0.3) is 0 Å². The molecular weight excluding hydrogens is 448 g/mol. The average molecular weight is 475 g/mol. The lowest BCUT2D eigenvalue weighted by molar-refractivity contribution is -0.118. The summed E-state index contributed by atoms with van der Waals surface area (Å²) >= 11 is 3.36. The van der Waals surface area contributed by atoms with Gasteiger partial charge in [-0.1, -0.05) is 28.1 Å². The van der Waals surface area contributed by atoms with Gasteiger partial charge in [-0.2, -0.15) is 0 Å². The van der Waals surface area contributed by atoms with Crippen LogP contribution in [0.4, 0.5) is 5.69 Å². The van der Waals surface area contributed by atoms with E-state index in [1.54, 1.807) is 36.4 Å². The molecule has 0 radical (unpaired) electrons. The van der Waals surface area contributed by atoms with Crippen molar-refractivity contribution in [3.05, 3.63) is 58.6 Å². The summed E-state index contributed by atoms with van der Waals surface area (Å²) in [6, 6.07) is 14.2. The first kappa shape index (κ1) is 22.3. The van der Waals surface area contributed by atoms with Crippen molar-refractivity contribution in [2.75, 3.05) is 18.5 Å². The van der Waals surface area contributed by atoms with Crippen molar-refractivity contribution in [3.63, 3.8) is 0 Å². The van der Waals surface area contributed by atoms with Crippen LogP contribution < -0.4 is 15.4 Å². The molecule has 0 saturated carbocycles. The highest BCUT2D eigenvalue weighted by molar-refractivity contribution is 9.10. The zero-order valence-electron chi connectivity index (χ0n) is 17.0. The maximum atomic E-state index is 12.7. The van der Waals surface area contributed by atoms with Crippen LogP contribution in [-0.2, 0) is 9.53 Å². The molecule has 1 heterocycles. The maximum absolute atomic E-state index is 12.7. The summed E-state index contributed by atoms with van der Waals surface area (Å²) in [5, 5.41) is 5.78. The first-order valence-corrected chi connectivity index (χ1v) is 11.0. The van der Waals surface area contributed by atoms with E-state index in [1.807, 2.05) is 19.1 Å². The van der Waals surface area contributed by atoms with E-state index in [0.717, 1.165) is 36.8 Å². The van der Waals surface area contributed by atoms with E-state index >= 15 is 0 Å². The molecule has 2 N–H and O–H groups in total. The molecule has 30 heavy (non-hydrogen) atoms. The Bertz CT molecular complexity index is 851. The Labute approximate surface area is 185 Å². The lowest BCUT2D eigenvalue weighted by Crippen LogP contribution is -2.33. The molecule has 0 aliphatic carbocycles. The zero-order valence-corrected chi connectivity index (χ0v) is 18.6. The van der Waals surface area contributed by atoms with Crippen molar-refractivity contribution in [3.8, 4) is 5.75 Å². The number of nitrogens with one attached hydrogen (secondary N) is 2. The van der Waals surface area contributed by atoms with Crippen molar-refractivity contribution in [1.29, 1.82) is 0 Å². The van der Waals surface area contributed by atoms with Crippen LogP contribution in [-0.4, -0.2) is 37.2 Å². The summed E-state index contributed by atoms with van der Waals surface area (Å²) in [4.78, 5) is 24.9. The molecule has 0 spiro atoms. The largest absolute Gasteiger partial charge is 0.483 e. The second-order valence-electron chi connectivity index (χ2n) is 7.43. The van der Waals surface area contributed by atoms with Gasteiger partial charge in [0, 0.05) is 22.8 Å². The van der Waals surface area contributed by atoms with Crippen LogP contribution in [0.2, 0.25) is 0 Å². The molecule has 6 nitrogen and oxygen atoms in total. The molecule has 1 aliphatic heterocycles. The summed E-state index contributed by atoms with van der Waals surface area (Å²) in [5.74, 6) is -0.122. The van der Waals surface area contributed by atoms with E-state index in [0.29, 0.717) is 23.1 Å². The molecule has 2 amide bonds. The Morgan fingerprint density at radius 1 is 1.20 bits per heavy atom. The Kier molecular flexibility index (Phi) is 8.28. The van der Waals surface area contributed by atoms with E-state index < -0.39 is 0 Å². The van der Waals surface area contributed by atoms with Gasteiger partial charge in [0.1, 0.15) is 5.75 Å². The fourth-order valence-electron chi connectivity index (χ4n) is 3.34. The molecule has 1 fully saturated rings. The van der Waals surface area contributed by atoms with Gasteiger partial charge in [-0.15, -0.1) is 0 Å². The van der Waals surface area contributed by atoms with E-state index in [4.69, 9.17) is 9.47 Å². The molecule has 2 atom stereocenters. The SMILES string of the molecule is CC(CCC1CCCO1)NC(=O)c1ccccc1OCC(=O)Nc1ccc(Br)cc1. The number of ether oxygens (including phenoxy) is 2. The predicted molar refractivity (Wildman–Crippen MR) is 120 cm³/mol. The second-order valence-corrected chi connectivity index (χ2v) is 8.34. The zero-order chi connectivity index (χ0) is 21.3. The summed E-state index contributed by atoms with van der Waals surface area (Å²) in [6.07, 6.45) is 4.32. The number of anilines is 1. The number of benzene rings is 2. The molecule has 3 rings (SSSR count). The number of hydrogen-bond donors (Lipinski definition) is 2. The molecule has 1 aliphatic rings. The molecule has 2 aromatic carbocycles. The number of amides is 2. The van der Waals surface area contributed by atoms with Crippen LogP contribution >= 0.6 is 15.9 Å². The first-order chi connectivity index (χ1) is 14.5. The van der Waals surface area contributed by atoms with Gasteiger partial charge in [-0.05, 0) is 69.0 Å². The molecular formula is C23H27BrN2O4. The minimum absolute atomic E-state index is 0.0236. The average Bonchev–Trinajstić information content (AvgIpc) is 3.26. The van der Waals surface area contributed by atoms with Crippen LogP contribution in [0, 0.1) is 0 Å². The lowest BCUT2D eigenvalue weighted by Gasteiger charge is -2.17. The number of halogens is 1. The van der Waals surface area contributed by atoms with Gasteiger partial charge < -0.3 is 20.1 Å². The summed E-state index contributed by atoms with van der Waals surface area (Å²) in [7, 11) is 0. The Hall–Kier alpha value is -2.38. The van der Waals surface area contributed by atoms with Crippen molar-refractivity contribution in [2.24, 2.45) is 0 Å². The monoisotopic (exact) mass is 474 g/mol. The molecule has 0 bridgehead atoms. The standard InChI is InChI=1S/C23H27BrN2O4/c1-16(8-13-19-5-4-14-29-19)25-23(28)20-6-2-3-7-21(20)30-15-22(27)26-18-11-9-17(24)10-12-18/h2-3,6-7,9-12,16,19H,4-5,8,13-15H2,1H3,(H,25,28)(H,26,27). The normalized spacial score (nSPS) is 16.7. The maximum Gasteiger partial charge on any atom is 0.262 e. The highest BCUT2D eigenvalue weighted by Crippen LogP contribution is 2.20. The van der Waals surface area contributed by atoms with E-state index in [1.165, 1.54) is 0 Å². The highest BCUT2D eigenvalue weighted by atomic mass is 79.9. The third kappa shape index (κ3) is 6.85. The summed E-state index contributed by atoms with van der Waals surface area (Å²) in [6.45, 7) is 2.64. The van der Waals surface area contributed by atoms with E-state index in [-0.39, 0.29) is 24.5 Å². The fourth-order valence-corrected chi connectivity index (χ4v) is 3.60. The topological polar surface area (TPSA) is 76.7 Å². The molecule has 1 saturated heterocycles. The Morgan fingerprint density at radius 2 is 1.97 bits per heavy atom. The van der Waals surface area contributed by atoms with Crippen LogP contribution in [0.1, 0.15) is 43.0 Å². The van der Waals surface area contributed by atoms with Crippen LogP contribution in [0.15, 0.2) is 53.0 Å². The molecule has 2 aromatic rings. The van der Waals surface area contributed by atoms with Crippen molar-refractivity contribution in [2.45, 2.75) is 44.8 Å². The molecule has 0 aromatic heterocycles. The van der Waals surface area contributed by atoms with Crippen molar-refractivity contribution < 1.29 is 19.1 Å². The third-order valence-corrected chi connectivity index (χ3v) is 5.47. The molecule has 2 unspecified atom stereocenters. The van der Waals surface area contributed by atoms with Crippen molar-refractivity contribution in [1.82, 2.24) is 5.32 Å². The number of carbonyl (C=O) groups is 2. The molecule has 7 heteroatoms. The number of hydrogen-bond acceptors (Lipinski definition) is 4. The fraction of sp³-hybridized carbons (Fsp3) is 0.391. The highest BCUT2D eigenvalue weighted by Gasteiger charge is 2.19. The van der Waals surface area contributed by atoms with Gasteiger partial charge in [0.2, 0.25) is 0 Å². The third-order valence-electron chi connectivity index (χ3n) is 4.94. The predicted octanol–water partition coefficient (Wildman–Crippen LogP) is 4.54. The number of rotatable bonds is 9. The van der Waals surface area contributed by atoms with Gasteiger partial charge in [-0.3, -0.25) is 9.59 Å². The minimum atomic E-state index is -0.294.